The number of nitrogen functional groups attached to an aromatic ring is 1. The van der Waals surface area contributed by atoms with Gasteiger partial charge in [-0.25, -0.2) is 15.0 Å². The van der Waals surface area contributed by atoms with Gasteiger partial charge in [0.1, 0.15) is 0 Å². The molecule has 110 heavy (non-hydrogen) atoms. The van der Waals surface area contributed by atoms with Crippen LogP contribution in [-0.2, 0) is 23.8 Å². The van der Waals surface area contributed by atoms with Crippen LogP contribution in [0.5, 0.6) is 0 Å². The summed E-state index contributed by atoms with van der Waals surface area (Å²) in [4.78, 5) is 109. The number of piperidine rings is 3. The zero-order chi connectivity index (χ0) is 78.2. The van der Waals surface area contributed by atoms with Gasteiger partial charge in [-0.2, -0.15) is 0 Å². The van der Waals surface area contributed by atoms with Crippen LogP contribution in [0.3, 0.4) is 0 Å². The second-order valence-electron chi connectivity index (χ2n) is 26.5. The van der Waals surface area contributed by atoms with Crippen LogP contribution in [0, 0.1) is 38.0 Å². The van der Waals surface area contributed by atoms with Gasteiger partial charge < -0.3 is 55.9 Å². The molecule has 0 aliphatic carbocycles. The number of non-ortho nitro benzene ring substituents is 2. The van der Waals surface area contributed by atoms with E-state index in [2.05, 4.69) is 49.4 Å². The summed E-state index contributed by atoms with van der Waals surface area (Å²) in [5.41, 5.74) is 9.02. The summed E-state index contributed by atoms with van der Waals surface area (Å²) in [6, 6.07) is 25.6. The highest BCUT2D eigenvalue weighted by Gasteiger charge is 2.30. The molecule has 34 heteroatoms. The molecule has 0 saturated carbocycles. The number of nitrogens with zero attached hydrogens (tertiary/aromatic N) is 8. The number of nitrogens with two attached hydrogens (primary N) is 1. The molecule has 3 atom stereocenters. The molecule has 0 bridgehead atoms. The topological polar surface area (TPSA) is 339 Å². The van der Waals surface area contributed by atoms with Crippen molar-refractivity contribution in [2.75, 3.05) is 123 Å². The second kappa shape index (κ2) is 45.5. The van der Waals surface area contributed by atoms with Crippen molar-refractivity contribution in [3.05, 3.63) is 183 Å². The van der Waals surface area contributed by atoms with Crippen LogP contribution in [0.25, 0.3) is 0 Å². The molecular weight excluding hydrogens is 1570 g/mol. The Balaban J connectivity index is 0.000000172. The summed E-state index contributed by atoms with van der Waals surface area (Å²) in [6.45, 7) is 16.0. The Labute approximate surface area is 674 Å². The summed E-state index contributed by atoms with van der Waals surface area (Å²) < 4.78 is 20.0. The molecule has 6 aliphatic heterocycles. The van der Waals surface area contributed by atoms with Gasteiger partial charge in [0.05, 0.1) is 41.1 Å². The third-order valence-corrected chi connectivity index (χ3v) is 25.9. The molecule has 26 nitrogen and oxygen atoms in total. The third kappa shape index (κ3) is 28.9. The molecule has 4 amide bonds. The zero-order valence-corrected chi connectivity index (χ0v) is 67.2. The van der Waals surface area contributed by atoms with Crippen LogP contribution < -0.4 is 27.0 Å². The Hall–Kier alpha value is -8.02. The first-order valence-corrected chi connectivity index (χ1v) is 42.5. The maximum Gasteiger partial charge on any atom is 0.269 e. The van der Waals surface area contributed by atoms with Crippen molar-refractivity contribution in [2.45, 2.75) is 108 Å². The van der Waals surface area contributed by atoms with Crippen LogP contribution >= 0.6 is 92.5 Å². The number of amides is 4. The fraction of sp³-hybridized carbons (Fsp3) is 0.434. The minimum atomic E-state index is -0.620. The first-order chi connectivity index (χ1) is 53.2. The second-order valence-corrected chi connectivity index (χ2v) is 34.3. The number of nitrogens with one attached hydrogen (secondary N) is 4. The van der Waals surface area contributed by atoms with Crippen molar-refractivity contribution in [1.29, 1.82) is 0 Å². The average Bonchev–Trinajstić information content (AvgIpc) is 1.12. The molecule has 6 saturated heterocycles. The molecule has 588 valence electrons. The number of halogens is 2. The van der Waals surface area contributed by atoms with Crippen molar-refractivity contribution >= 4 is 165 Å². The van der Waals surface area contributed by atoms with Gasteiger partial charge in [-0.1, -0.05) is 47.2 Å². The Morgan fingerprint density at radius 3 is 1.10 bits per heavy atom. The van der Waals surface area contributed by atoms with Crippen molar-refractivity contribution < 1.29 is 52.8 Å². The first kappa shape index (κ1) is 86.0. The molecule has 3 aromatic heterocycles. The number of benzene rings is 4. The van der Waals surface area contributed by atoms with Crippen molar-refractivity contribution in [3.8, 4) is 0 Å². The number of thiazole rings is 3. The number of nitro groups is 2. The van der Waals surface area contributed by atoms with Gasteiger partial charge in [-0.15, -0.1) is 35.3 Å². The predicted octanol–water partition coefficient (Wildman–Crippen LogP) is 15.7. The number of anilines is 5. The molecule has 13 rings (SSSR count). The number of hydrogen-bond acceptors (Lipinski definition) is 26. The van der Waals surface area contributed by atoms with Gasteiger partial charge in [0.15, 0.2) is 15.4 Å². The van der Waals surface area contributed by atoms with Crippen LogP contribution in [0.4, 0.5) is 38.1 Å². The average molecular weight is 1660 g/mol. The van der Waals surface area contributed by atoms with E-state index in [1.54, 1.807) is 82.5 Å². The van der Waals surface area contributed by atoms with E-state index in [0.717, 1.165) is 186 Å². The van der Waals surface area contributed by atoms with E-state index in [0.29, 0.717) is 54.2 Å². The largest absolute Gasteiger partial charge is 0.399 e. The molecule has 6 aliphatic rings. The summed E-state index contributed by atoms with van der Waals surface area (Å²) in [5, 5.41) is 35.9. The van der Waals surface area contributed by atoms with E-state index in [-0.39, 0.29) is 58.7 Å². The van der Waals surface area contributed by atoms with Crippen molar-refractivity contribution in [3.63, 3.8) is 0 Å². The van der Waals surface area contributed by atoms with Gasteiger partial charge in [0, 0.05) is 172 Å². The normalized spacial score (nSPS) is 18.1. The summed E-state index contributed by atoms with van der Waals surface area (Å²) >= 11 is 20.6. The van der Waals surface area contributed by atoms with E-state index < -0.39 is 20.3 Å². The predicted molar refractivity (Wildman–Crippen MR) is 440 cm³/mol. The summed E-state index contributed by atoms with van der Waals surface area (Å²) in [6.07, 6.45) is 20.9. The van der Waals surface area contributed by atoms with Gasteiger partial charge in [0.2, 0.25) is 11.1 Å². The highest BCUT2D eigenvalue weighted by atomic mass is 35.5. The molecule has 0 radical (unpaired) electrons. The minimum absolute atomic E-state index is 0.00921. The molecule has 4 aromatic carbocycles. The minimum Gasteiger partial charge on any atom is -0.399 e. The molecule has 0 spiro atoms. The summed E-state index contributed by atoms with van der Waals surface area (Å²) in [7, 11) is 0. The van der Waals surface area contributed by atoms with Crippen LogP contribution in [0.2, 0.25) is 0 Å². The number of allylic oxidation sites excluding steroid dienone is 1. The Morgan fingerprint density at radius 2 is 0.800 bits per heavy atom. The number of likely N-dealkylation sites (tertiary alicyclic amines) is 3. The van der Waals surface area contributed by atoms with Crippen LogP contribution in [0.1, 0.15) is 118 Å². The SMILES string of the molecule is C=CC(=O)Cl.C=CC(=O)Nc1ccc(C(=O)N2CCC[C@@H](Nc3ncc(SCC4CCOCC4)s3)C2)cc1.Nc1ccc(C(=O)N2CCC[C@@H](Nc3ncc(SCC4CCOCC4)s3)C2)cc1.O=C(Cl)c1ccc([N+](=O)[O-])cc1.O=C(c1ccc([N+](=O)[O-])cc1)N1CCC[C@@H](Nc2ncc(SCC3CCOCC3)s2)C1. The zero-order valence-electron chi connectivity index (χ0n) is 60.8. The number of thioether (sulfide) groups is 3. The van der Waals surface area contributed by atoms with Gasteiger partial charge in [0.25, 0.3) is 34.3 Å². The third-order valence-electron chi connectivity index (χ3n) is 18.5. The number of aromatic nitrogens is 3. The Morgan fingerprint density at radius 1 is 0.491 bits per heavy atom. The monoisotopic (exact) mass is 1660 g/mol. The van der Waals surface area contributed by atoms with E-state index in [1.165, 1.54) is 67.2 Å². The van der Waals surface area contributed by atoms with E-state index in [9.17, 15) is 49.0 Å². The van der Waals surface area contributed by atoms with Crippen molar-refractivity contribution in [1.82, 2.24) is 29.7 Å². The van der Waals surface area contributed by atoms with Crippen LogP contribution in [0.15, 0.2) is 154 Å². The van der Waals surface area contributed by atoms with Gasteiger partial charge in [-0.3, -0.25) is 49.0 Å². The Bertz CT molecular complexity index is 4110. The summed E-state index contributed by atoms with van der Waals surface area (Å²) in [5.74, 6) is 5.27. The number of rotatable bonds is 24. The van der Waals surface area contributed by atoms with E-state index in [4.69, 9.17) is 43.1 Å². The highest BCUT2D eigenvalue weighted by Crippen LogP contribution is 2.36. The standard InChI is InChI=1S/C24H30N4O3S2.C21H26N4O4S2.C21H28N4O2S2.C7H4ClNO3.C3H3ClO/c1-2-21(29)26-19-7-5-18(6-8-19)23(30)28-11-3-4-20(15-28)27-24-25-14-22(33-24)32-16-17-9-12-31-13-10-17;26-20(16-3-5-18(6-4-16)25(27)28)24-9-1-2-17(13-24)23-21-22-12-19(31-21)30-14-15-7-10-29-11-8-15;22-17-5-3-16(4-6-17)20(26)25-9-1-2-18(13-25)24-21-23-12-19(29-21)28-14-15-7-10-27-11-8-15;8-7(10)5-1-3-6(4-2-5)9(11)12;1-2-3(4)5/h2,5-8,14,17,20H,1,3-4,9-13,15-16H2,(H,25,27)(H,26,29);3-6,12,15,17H,1-2,7-11,13-14H2,(H,22,23);3-6,12,15,18H,1-2,7-11,13-14,22H2,(H,23,24);1-4H;2H,1H2/t20-;17-;18-;;/m111../s1. The molecule has 9 heterocycles. The number of carbonyl (C=O) groups excluding carboxylic acids is 6. The van der Waals surface area contributed by atoms with Gasteiger partial charge in [-0.05, 0) is 203 Å². The maximum atomic E-state index is 13.0. The number of carbonyl (C=O) groups is 6. The molecular formula is C76H91Cl2N13O13S6. The quantitative estimate of drug-likeness (QED) is 0.00937. The lowest BCUT2D eigenvalue weighted by Gasteiger charge is -2.33. The maximum absolute atomic E-state index is 13.0. The van der Waals surface area contributed by atoms with Crippen molar-refractivity contribution in [2.24, 2.45) is 17.8 Å². The smallest absolute Gasteiger partial charge is 0.269 e. The molecule has 7 aromatic rings. The fourth-order valence-corrected chi connectivity index (χ4v) is 19.0. The molecule has 6 fully saturated rings. The number of ether oxygens (including phenoxy) is 3. The fourth-order valence-electron chi connectivity index (χ4n) is 12.4. The number of nitro benzene ring substituents is 2. The lowest BCUT2D eigenvalue weighted by molar-refractivity contribution is -0.385. The van der Waals surface area contributed by atoms with Crippen LogP contribution in [-0.4, -0.2) is 188 Å². The van der Waals surface area contributed by atoms with Gasteiger partial charge >= 0.3 is 0 Å². The number of hydrogen-bond donors (Lipinski definition) is 5. The highest BCUT2D eigenvalue weighted by molar-refractivity contribution is 8.01. The van der Waals surface area contributed by atoms with E-state index >= 15 is 0 Å². The molecule has 6 N–H and O–H groups in total. The first-order valence-electron chi connectivity index (χ1n) is 36.3. The lowest BCUT2D eigenvalue weighted by atomic mass is 10.0. The van der Waals surface area contributed by atoms with E-state index in [1.807, 2.05) is 68.6 Å². The lowest BCUT2D eigenvalue weighted by Crippen LogP contribution is -2.45. The Kier molecular flexibility index (Phi) is 35.5. The molecule has 0 unspecified atom stereocenters.